The van der Waals surface area contributed by atoms with E-state index in [0.717, 1.165) is 0 Å². The van der Waals surface area contributed by atoms with Gasteiger partial charge in [0.25, 0.3) is 0 Å². The molecule has 10 heavy (non-hydrogen) atoms. The normalized spacial score (nSPS) is 16.2. The Hall–Kier alpha value is -0.260. The number of allylic oxidation sites excluding steroid dienone is 2. The van der Waals surface area contributed by atoms with Crippen molar-refractivity contribution in [1.82, 2.24) is 0 Å². The molecule has 0 saturated heterocycles. The topological polar surface area (TPSA) is 0 Å². The minimum absolute atomic E-state index is 1.35. The SMILES string of the molecule is CCCCCCC1=C(C)C1. The molecule has 0 saturated carbocycles. The van der Waals surface area contributed by atoms with Crippen molar-refractivity contribution in [2.45, 2.75) is 52.4 Å². The third-order valence-electron chi connectivity index (χ3n) is 2.29. The highest BCUT2D eigenvalue weighted by molar-refractivity contribution is 5.32. The van der Waals surface area contributed by atoms with Crippen molar-refractivity contribution in [2.75, 3.05) is 0 Å². The summed E-state index contributed by atoms with van der Waals surface area (Å²) in [6, 6.07) is 0. The summed E-state index contributed by atoms with van der Waals surface area (Å²) in [5.41, 5.74) is 3.41. The highest BCUT2D eigenvalue weighted by Gasteiger charge is 2.14. The molecule has 0 atom stereocenters. The summed E-state index contributed by atoms with van der Waals surface area (Å²) in [5.74, 6) is 0. The highest BCUT2D eigenvalue weighted by atomic mass is 14.2. The first kappa shape index (κ1) is 7.84. The molecule has 0 fully saturated rings. The van der Waals surface area contributed by atoms with E-state index in [9.17, 15) is 0 Å². The van der Waals surface area contributed by atoms with Crippen LogP contribution in [0.15, 0.2) is 11.1 Å². The first-order chi connectivity index (χ1) is 4.84. The molecular formula is C10H18. The van der Waals surface area contributed by atoms with E-state index < -0.39 is 0 Å². The van der Waals surface area contributed by atoms with Crippen molar-refractivity contribution in [3.63, 3.8) is 0 Å². The zero-order valence-corrected chi connectivity index (χ0v) is 7.24. The van der Waals surface area contributed by atoms with Crippen molar-refractivity contribution in [3.05, 3.63) is 11.1 Å². The molecule has 0 amide bonds. The zero-order valence-electron chi connectivity index (χ0n) is 7.24. The second-order valence-electron chi connectivity index (χ2n) is 3.37. The lowest BCUT2D eigenvalue weighted by atomic mass is 10.1. The van der Waals surface area contributed by atoms with E-state index in [0.29, 0.717) is 0 Å². The molecule has 1 aliphatic carbocycles. The van der Waals surface area contributed by atoms with Gasteiger partial charge in [-0.2, -0.15) is 0 Å². The molecule has 0 bridgehead atoms. The first-order valence-corrected chi connectivity index (χ1v) is 4.52. The minimum Gasteiger partial charge on any atom is -0.0697 e. The van der Waals surface area contributed by atoms with Crippen LogP contribution in [0.3, 0.4) is 0 Å². The van der Waals surface area contributed by atoms with Crippen LogP contribution in [0.1, 0.15) is 52.4 Å². The Morgan fingerprint density at radius 1 is 1.20 bits per heavy atom. The Labute approximate surface area is 64.3 Å². The molecule has 0 N–H and O–H groups in total. The van der Waals surface area contributed by atoms with Crippen LogP contribution in [0.2, 0.25) is 0 Å². The number of rotatable bonds is 5. The molecule has 1 aliphatic rings. The van der Waals surface area contributed by atoms with E-state index in [-0.39, 0.29) is 0 Å². The smallest absolute Gasteiger partial charge is 0.0106 e. The summed E-state index contributed by atoms with van der Waals surface area (Å²) in [7, 11) is 0. The van der Waals surface area contributed by atoms with Crippen molar-refractivity contribution in [1.29, 1.82) is 0 Å². The van der Waals surface area contributed by atoms with Crippen LogP contribution in [-0.4, -0.2) is 0 Å². The van der Waals surface area contributed by atoms with Crippen LogP contribution < -0.4 is 0 Å². The van der Waals surface area contributed by atoms with E-state index >= 15 is 0 Å². The Balaban J connectivity index is 1.87. The molecule has 0 heteroatoms. The van der Waals surface area contributed by atoms with Crippen LogP contribution in [-0.2, 0) is 0 Å². The lowest BCUT2D eigenvalue weighted by Crippen LogP contribution is -1.74. The zero-order chi connectivity index (χ0) is 7.40. The molecule has 1 rings (SSSR count). The van der Waals surface area contributed by atoms with Crippen LogP contribution in [0.4, 0.5) is 0 Å². The predicted molar refractivity (Wildman–Crippen MR) is 46.1 cm³/mol. The fraction of sp³-hybridized carbons (Fsp3) is 0.800. The van der Waals surface area contributed by atoms with Crippen molar-refractivity contribution in [3.8, 4) is 0 Å². The Morgan fingerprint density at radius 3 is 2.40 bits per heavy atom. The summed E-state index contributed by atoms with van der Waals surface area (Å²) < 4.78 is 0. The molecule has 0 aliphatic heterocycles. The average molecular weight is 138 g/mol. The summed E-state index contributed by atoms with van der Waals surface area (Å²) in [4.78, 5) is 0. The largest absolute Gasteiger partial charge is 0.0697 e. The molecule has 0 aromatic rings. The average Bonchev–Trinajstić information content (AvgIpc) is 2.60. The highest BCUT2D eigenvalue weighted by Crippen LogP contribution is 2.34. The summed E-state index contributed by atoms with van der Waals surface area (Å²) >= 11 is 0. The van der Waals surface area contributed by atoms with Crippen molar-refractivity contribution < 1.29 is 0 Å². The number of hydrogen-bond acceptors (Lipinski definition) is 0. The van der Waals surface area contributed by atoms with Gasteiger partial charge in [0.15, 0.2) is 0 Å². The maximum atomic E-state index is 2.27. The standard InChI is InChI=1S/C10H18/c1-3-4-5-6-7-10-8-9(10)2/h3-8H2,1-2H3. The van der Waals surface area contributed by atoms with Gasteiger partial charge in [-0.15, -0.1) is 0 Å². The van der Waals surface area contributed by atoms with Gasteiger partial charge >= 0.3 is 0 Å². The molecule has 0 unspecified atom stereocenters. The summed E-state index contributed by atoms with van der Waals surface area (Å²) in [6.07, 6.45) is 8.40. The lowest BCUT2D eigenvalue weighted by Gasteiger charge is -1.93. The van der Waals surface area contributed by atoms with Crippen molar-refractivity contribution >= 4 is 0 Å². The van der Waals surface area contributed by atoms with E-state index in [1.165, 1.54) is 38.5 Å². The number of unbranched alkanes of at least 4 members (excludes halogenated alkanes) is 3. The Morgan fingerprint density at radius 2 is 1.90 bits per heavy atom. The van der Waals surface area contributed by atoms with Gasteiger partial charge in [-0.25, -0.2) is 0 Å². The van der Waals surface area contributed by atoms with Crippen LogP contribution in [0.5, 0.6) is 0 Å². The van der Waals surface area contributed by atoms with E-state index in [4.69, 9.17) is 0 Å². The van der Waals surface area contributed by atoms with Gasteiger partial charge in [0.1, 0.15) is 0 Å². The summed E-state index contributed by atoms with van der Waals surface area (Å²) in [5, 5.41) is 0. The van der Waals surface area contributed by atoms with Gasteiger partial charge in [-0.1, -0.05) is 37.3 Å². The van der Waals surface area contributed by atoms with Gasteiger partial charge in [-0.3, -0.25) is 0 Å². The third-order valence-corrected chi connectivity index (χ3v) is 2.29. The number of hydrogen-bond donors (Lipinski definition) is 0. The monoisotopic (exact) mass is 138 g/mol. The maximum absolute atomic E-state index is 2.27. The van der Waals surface area contributed by atoms with Gasteiger partial charge in [0.05, 0.1) is 0 Å². The molecule has 0 nitrogen and oxygen atoms in total. The molecular weight excluding hydrogens is 120 g/mol. The Kier molecular flexibility index (Phi) is 2.98. The van der Waals surface area contributed by atoms with E-state index in [2.05, 4.69) is 13.8 Å². The third kappa shape index (κ3) is 2.55. The second-order valence-corrected chi connectivity index (χ2v) is 3.37. The first-order valence-electron chi connectivity index (χ1n) is 4.52. The molecule has 0 aromatic carbocycles. The molecule has 0 aromatic heterocycles. The maximum Gasteiger partial charge on any atom is -0.0106 e. The molecule has 0 heterocycles. The van der Waals surface area contributed by atoms with Gasteiger partial charge in [0.2, 0.25) is 0 Å². The van der Waals surface area contributed by atoms with Crippen LogP contribution in [0.25, 0.3) is 0 Å². The van der Waals surface area contributed by atoms with Gasteiger partial charge < -0.3 is 0 Å². The van der Waals surface area contributed by atoms with Gasteiger partial charge in [0, 0.05) is 0 Å². The molecule has 0 radical (unpaired) electrons. The molecule has 0 spiro atoms. The lowest BCUT2D eigenvalue weighted by molar-refractivity contribution is 0.668. The van der Waals surface area contributed by atoms with Crippen LogP contribution >= 0.6 is 0 Å². The molecule has 58 valence electrons. The van der Waals surface area contributed by atoms with Crippen molar-refractivity contribution in [2.24, 2.45) is 0 Å². The Bertz CT molecular complexity index is 131. The predicted octanol–water partition coefficient (Wildman–Crippen LogP) is 3.68. The quantitative estimate of drug-likeness (QED) is 0.401. The fourth-order valence-corrected chi connectivity index (χ4v) is 1.34. The minimum atomic E-state index is 1.35. The second kappa shape index (κ2) is 3.80. The summed E-state index contributed by atoms with van der Waals surface area (Å²) in [6.45, 7) is 4.52. The fourth-order valence-electron chi connectivity index (χ4n) is 1.34. The van der Waals surface area contributed by atoms with E-state index in [1.54, 1.807) is 11.1 Å². The van der Waals surface area contributed by atoms with E-state index in [1.807, 2.05) is 0 Å². The van der Waals surface area contributed by atoms with Crippen LogP contribution in [0, 0.1) is 0 Å². The van der Waals surface area contributed by atoms with Gasteiger partial charge in [-0.05, 0) is 26.2 Å².